The lowest BCUT2D eigenvalue weighted by Crippen LogP contribution is -2.39. The predicted octanol–water partition coefficient (Wildman–Crippen LogP) is 0.782. The first-order chi connectivity index (χ1) is 7.59. The summed E-state index contributed by atoms with van der Waals surface area (Å²) in [5.41, 5.74) is 0. The maximum atomic E-state index is 11.4. The molecule has 0 aliphatic heterocycles. The van der Waals surface area contributed by atoms with E-state index < -0.39 is 12.6 Å². The summed E-state index contributed by atoms with van der Waals surface area (Å²) in [6, 6.07) is 0.156. The molecule has 92 valence electrons. The Bertz CT molecular complexity index is 248. The van der Waals surface area contributed by atoms with Gasteiger partial charge in [-0.1, -0.05) is 12.8 Å². The molecule has 0 saturated heterocycles. The Kier molecular flexibility index (Phi) is 5.25. The van der Waals surface area contributed by atoms with Gasteiger partial charge in [-0.3, -0.25) is 4.79 Å². The Morgan fingerprint density at radius 3 is 2.56 bits per heavy atom. The van der Waals surface area contributed by atoms with Gasteiger partial charge < -0.3 is 15.2 Å². The van der Waals surface area contributed by atoms with Crippen molar-refractivity contribution in [1.29, 1.82) is 0 Å². The molecule has 2 N–H and O–H groups in total. The van der Waals surface area contributed by atoms with Gasteiger partial charge in [0.1, 0.15) is 13.2 Å². The van der Waals surface area contributed by atoms with Crippen LogP contribution in [0.15, 0.2) is 0 Å². The molecule has 0 aromatic carbocycles. The van der Waals surface area contributed by atoms with Crippen LogP contribution in [0.4, 0.5) is 0 Å². The maximum Gasteiger partial charge on any atom is 0.329 e. The Morgan fingerprint density at radius 1 is 1.38 bits per heavy atom. The standard InChI is InChI=1S/C11H19NO4/c1-8(9-4-2-3-5-9)12-10(13)6-16-7-11(14)15/h8-9H,2-7H2,1H3,(H,12,13)(H,14,15). The molecular weight excluding hydrogens is 210 g/mol. The Morgan fingerprint density at radius 2 is 2.00 bits per heavy atom. The molecule has 1 atom stereocenters. The van der Waals surface area contributed by atoms with Gasteiger partial charge in [0, 0.05) is 6.04 Å². The van der Waals surface area contributed by atoms with Crippen molar-refractivity contribution < 1.29 is 19.4 Å². The van der Waals surface area contributed by atoms with E-state index in [1.807, 2.05) is 6.92 Å². The summed E-state index contributed by atoms with van der Waals surface area (Å²) >= 11 is 0. The number of amides is 1. The van der Waals surface area contributed by atoms with Crippen LogP contribution in [0.1, 0.15) is 32.6 Å². The highest BCUT2D eigenvalue weighted by Crippen LogP contribution is 2.27. The largest absolute Gasteiger partial charge is 0.480 e. The normalized spacial score (nSPS) is 18.3. The molecule has 0 radical (unpaired) electrons. The van der Waals surface area contributed by atoms with E-state index in [1.165, 1.54) is 12.8 Å². The number of carboxylic acid groups (broad SMARTS) is 1. The zero-order chi connectivity index (χ0) is 12.0. The molecule has 0 spiro atoms. The number of aliphatic carboxylic acids is 1. The molecule has 1 amide bonds. The van der Waals surface area contributed by atoms with E-state index in [4.69, 9.17) is 9.84 Å². The van der Waals surface area contributed by atoms with Crippen LogP contribution >= 0.6 is 0 Å². The highest BCUT2D eigenvalue weighted by atomic mass is 16.5. The number of hydrogen-bond acceptors (Lipinski definition) is 3. The summed E-state index contributed by atoms with van der Waals surface area (Å²) in [6.45, 7) is 1.39. The summed E-state index contributed by atoms with van der Waals surface area (Å²) in [5.74, 6) is -0.735. The Hall–Kier alpha value is -1.10. The molecule has 0 bridgehead atoms. The highest BCUT2D eigenvalue weighted by Gasteiger charge is 2.22. The summed E-state index contributed by atoms with van der Waals surface area (Å²) in [4.78, 5) is 21.5. The molecule has 5 nitrogen and oxygen atoms in total. The highest BCUT2D eigenvalue weighted by molar-refractivity contribution is 5.78. The smallest absolute Gasteiger partial charge is 0.329 e. The minimum absolute atomic E-state index is 0.156. The molecule has 1 aliphatic carbocycles. The summed E-state index contributed by atoms with van der Waals surface area (Å²) < 4.78 is 4.71. The van der Waals surface area contributed by atoms with Gasteiger partial charge in [0.2, 0.25) is 5.91 Å². The van der Waals surface area contributed by atoms with Crippen molar-refractivity contribution in [2.75, 3.05) is 13.2 Å². The van der Waals surface area contributed by atoms with Gasteiger partial charge in [0.05, 0.1) is 0 Å². The quantitative estimate of drug-likeness (QED) is 0.705. The number of nitrogens with one attached hydrogen (secondary N) is 1. The Balaban J connectivity index is 2.15. The summed E-state index contributed by atoms with van der Waals surface area (Å²) in [7, 11) is 0. The van der Waals surface area contributed by atoms with Crippen LogP contribution in [0, 0.1) is 5.92 Å². The molecule has 0 heterocycles. The van der Waals surface area contributed by atoms with Crippen molar-refractivity contribution in [3.8, 4) is 0 Å². The molecule has 1 unspecified atom stereocenters. The van der Waals surface area contributed by atoms with E-state index in [0.717, 1.165) is 12.8 Å². The van der Waals surface area contributed by atoms with Crippen LogP contribution < -0.4 is 5.32 Å². The van der Waals surface area contributed by atoms with Gasteiger partial charge in [-0.25, -0.2) is 4.79 Å². The van der Waals surface area contributed by atoms with Gasteiger partial charge in [-0.05, 0) is 25.7 Å². The monoisotopic (exact) mass is 229 g/mol. The molecule has 0 aromatic heterocycles. The first kappa shape index (κ1) is 13.0. The zero-order valence-electron chi connectivity index (χ0n) is 9.57. The minimum atomic E-state index is -1.06. The van der Waals surface area contributed by atoms with Crippen LogP contribution in [0.3, 0.4) is 0 Å². The molecule has 1 saturated carbocycles. The first-order valence-corrected chi connectivity index (χ1v) is 5.68. The van der Waals surface area contributed by atoms with Crippen molar-refractivity contribution >= 4 is 11.9 Å². The van der Waals surface area contributed by atoms with Crippen molar-refractivity contribution in [2.24, 2.45) is 5.92 Å². The van der Waals surface area contributed by atoms with Crippen LogP contribution in [0.5, 0.6) is 0 Å². The van der Waals surface area contributed by atoms with Gasteiger partial charge in [-0.15, -0.1) is 0 Å². The van der Waals surface area contributed by atoms with Gasteiger partial charge in [0.25, 0.3) is 0 Å². The second kappa shape index (κ2) is 6.48. The molecule has 1 fully saturated rings. The van der Waals surface area contributed by atoms with Gasteiger partial charge >= 0.3 is 5.97 Å². The molecule has 5 heteroatoms. The van der Waals surface area contributed by atoms with Crippen molar-refractivity contribution in [1.82, 2.24) is 5.32 Å². The number of carbonyl (C=O) groups excluding carboxylic acids is 1. The van der Waals surface area contributed by atoms with Crippen LogP contribution in [0.25, 0.3) is 0 Å². The van der Waals surface area contributed by atoms with Crippen molar-refractivity contribution in [3.05, 3.63) is 0 Å². The fourth-order valence-corrected chi connectivity index (χ4v) is 2.10. The maximum absolute atomic E-state index is 11.4. The molecule has 1 rings (SSSR count). The average molecular weight is 229 g/mol. The lowest BCUT2D eigenvalue weighted by atomic mass is 10.00. The Labute approximate surface area is 95.2 Å². The van der Waals surface area contributed by atoms with Gasteiger partial charge in [0.15, 0.2) is 0 Å². The number of carbonyl (C=O) groups is 2. The van der Waals surface area contributed by atoms with Crippen molar-refractivity contribution in [3.63, 3.8) is 0 Å². The van der Waals surface area contributed by atoms with E-state index >= 15 is 0 Å². The third-order valence-electron chi connectivity index (χ3n) is 2.95. The molecule has 0 aromatic rings. The van der Waals surface area contributed by atoms with E-state index in [-0.39, 0.29) is 18.6 Å². The third kappa shape index (κ3) is 4.61. The zero-order valence-corrected chi connectivity index (χ0v) is 9.57. The fourth-order valence-electron chi connectivity index (χ4n) is 2.10. The van der Waals surface area contributed by atoms with Crippen molar-refractivity contribution in [2.45, 2.75) is 38.6 Å². The number of ether oxygens (including phenoxy) is 1. The molecule has 1 aliphatic rings. The third-order valence-corrected chi connectivity index (χ3v) is 2.95. The van der Waals surface area contributed by atoms with E-state index in [0.29, 0.717) is 5.92 Å². The number of rotatable bonds is 6. The van der Waals surface area contributed by atoms with Crippen LogP contribution in [0.2, 0.25) is 0 Å². The molecular formula is C11H19NO4. The van der Waals surface area contributed by atoms with E-state index in [1.54, 1.807) is 0 Å². The summed E-state index contributed by atoms with van der Waals surface area (Å²) in [6.07, 6.45) is 4.80. The lowest BCUT2D eigenvalue weighted by molar-refractivity contribution is -0.143. The fraction of sp³-hybridized carbons (Fsp3) is 0.818. The van der Waals surface area contributed by atoms with Gasteiger partial charge in [-0.2, -0.15) is 0 Å². The average Bonchev–Trinajstić information content (AvgIpc) is 2.69. The van der Waals surface area contributed by atoms with Crippen LogP contribution in [-0.4, -0.2) is 36.2 Å². The minimum Gasteiger partial charge on any atom is -0.480 e. The summed E-state index contributed by atoms with van der Waals surface area (Å²) in [5, 5.41) is 11.2. The lowest BCUT2D eigenvalue weighted by Gasteiger charge is -2.20. The molecule has 16 heavy (non-hydrogen) atoms. The number of carboxylic acids is 1. The SMILES string of the molecule is CC(NC(=O)COCC(=O)O)C1CCCC1. The van der Waals surface area contributed by atoms with E-state index in [2.05, 4.69) is 5.32 Å². The topological polar surface area (TPSA) is 75.6 Å². The predicted molar refractivity (Wildman–Crippen MR) is 58.0 cm³/mol. The van der Waals surface area contributed by atoms with Crippen LogP contribution in [-0.2, 0) is 14.3 Å². The number of hydrogen-bond donors (Lipinski definition) is 2. The second-order valence-electron chi connectivity index (χ2n) is 4.29. The van der Waals surface area contributed by atoms with E-state index in [9.17, 15) is 9.59 Å². The second-order valence-corrected chi connectivity index (χ2v) is 4.29. The first-order valence-electron chi connectivity index (χ1n) is 5.68.